The minimum atomic E-state index is -3.35. The third kappa shape index (κ3) is 5.51. The molecule has 1 N–H and O–H groups in total. The van der Waals surface area contributed by atoms with E-state index in [4.69, 9.17) is 4.52 Å². The number of sulfone groups is 1. The van der Waals surface area contributed by atoms with E-state index in [1.807, 2.05) is 48.7 Å². The van der Waals surface area contributed by atoms with E-state index in [9.17, 15) is 13.2 Å². The van der Waals surface area contributed by atoms with Gasteiger partial charge in [0, 0.05) is 19.1 Å². The van der Waals surface area contributed by atoms with Gasteiger partial charge in [0.15, 0.2) is 9.84 Å². The number of hydrogen-bond acceptors (Lipinski definition) is 7. The molecule has 29 heavy (non-hydrogen) atoms. The van der Waals surface area contributed by atoms with Crippen LogP contribution >= 0.6 is 11.3 Å². The number of thiophene rings is 1. The summed E-state index contributed by atoms with van der Waals surface area (Å²) in [5, 5.41) is 7.95. The molecule has 7 nitrogen and oxygen atoms in total. The first-order chi connectivity index (χ1) is 13.7. The lowest BCUT2D eigenvalue weighted by molar-refractivity contribution is -0.121. The molecule has 3 rings (SSSR count). The van der Waals surface area contributed by atoms with Crippen LogP contribution in [0, 0.1) is 6.92 Å². The zero-order valence-corrected chi connectivity index (χ0v) is 18.1. The molecule has 0 aliphatic rings. The molecule has 9 heteroatoms. The highest BCUT2D eigenvalue weighted by molar-refractivity contribution is 7.91. The SMILES string of the molecule is Cc1ccc(C(NC(=O)CCc2nc(-c3cccs3)no2)C(C)S(C)(=O)=O)cc1. The summed E-state index contributed by atoms with van der Waals surface area (Å²) in [5.74, 6) is 0.590. The van der Waals surface area contributed by atoms with Crippen LogP contribution in [0.15, 0.2) is 46.3 Å². The highest BCUT2D eigenvalue weighted by Gasteiger charge is 2.29. The van der Waals surface area contributed by atoms with E-state index in [1.165, 1.54) is 17.6 Å². The van der Waals surface area contributed by atoms with Crippen molar-refractivity contribution in [2.45, 2.75) is 38.0 Å². The van der Waals surface area contributed by atoms with Gasteiger partial charge >= 0.3 is 0 Å². The number of carbonyl (C=O) groups is 1. The first-order valence-electron chi connectivity index (χ1n) is 9.15. The largest absolute Gasteiger partial charge is 0.348 e. The number of hydrogen-bond donors (Lipinski definition) is 1. The summed E-state index contributed by atoms with van der Waals surface area (Å²) in [7, 11) is -3.35. The van der Waals surface area contributed by atoms with Gasteiger partial charge in [-0.2, -0.15) is 4.98 Å². The van der Waals surface area contributed by atoms with Gasteiger partial charge in [-0.3, -0.25) is 4.79 Å². The van der Waals surface area contributed by atoms with Crippen LogP contribution in [0.5, 0.6) is 0 Å². The molecule has 1 amide bonds. The Labute approximate surface area is 174 Å². The van der Waals surface area contributed by atoms with Crippen LogP contribution in [-0.4, -0.2) is 36.0 Å². The van der Waals surface area contributed by atoms with E-state index < -0.39 is 21.1 Å². The van der Waals surface area contributed by atoms with E-state index in [0.717, 1.165) is 16.0 Å². The van der Waals surface area contributed by atoms with Crippen molar-refractivity contribution in [3.05, 3.63) is 58.8 Å². The van der Waals surface area contributed by atoms with Crippen molar-refractivity contribution in [1.29, 1.82) is 0 Å². The quantitative estimate of drug-likeness (QED) is 0.585. The van der Waals surface area contributed by atoms with Crippen molar-refractivity contribution < 1.29 is 17.7 Å². The minimum Gasteiger partial charge on any atom is -0.348 e. The molecule has 2 atom stereocenters. The summed E-state index contributed by atoms with van der Waals surface area (Å²) >= 11 is 1.51. The number of nitrogens with zero attached hydrogens (tertiary/aromatic N) is 2. The van der Waals surface area contributed by atoms with Crippen LogP contribution in [0.3, 0.4) is 0 Å². The average molecular weight is 434 g/mol. The second-order valence-electron chi connectivity index (χ2n) is 6.98. The standard InChI is InChI=1S/C20H23N3O4S2/c1-13-6-8-15(9-7-13)19(14(2)29(3,25)26)21-17(24)10-11-18-22-20(23-27-18)16-5-4-12-28-16/h4-9,12,14,19H,10-11H2,1-3H3,(H,21,24). The van der Waals surface area contributed by atoms with E-state index >= 15 is 0 Å². The lowest BCUT2D eigenvalue weighted by Crippen LogP contribution is -2.38. The third-order valence-electron chi connectivity index (χ3n) is 4.67. The second kappa shape index (κ2) is 8.87. The first-order valence-corrected chi connectivity index (χ1v) is 12.0. The average Bonchev–Trinajstić information content (AvgIpc) is 3.35. The molecule has 0 saturated carbocycles. The molecular weight excluding hydrogens is 410 g/mol. The predicted octanol–water partition coefficient (Wildman–Crippen LogP) is 3.33. The Morgan fingerprint density at radius 1 is 1.24 bits per heavy atom. The summed E-state index contributed by atoms with van der Waals surface area (Å²) < 4.78 is 29.4. The van der Waals surface area contributed by atoms with E-state index in [2.05, 4.69) is 15.5 Å². The smallest absolute Gasteiger partial charge is 0.227 e. The highest BCUT2D eigenvalue weighted by Crippen LogP contribution is 2.23. The van der Waals surface area contributed by atoms with Gasteiger partial charge in [0.1, 0.15) is 0 Å². The van der Waals surface area contributed by atoms with Crippen LogP contribution in [0.25, 0.3) is 10.7 Å². The summed E-state index contributed by atoms with van der Waals surface area (Å²) in [6, 6.07) is 10.6. The molecule has 2 unspecified atom stereocenters. The molecule has 0 saturated heterocycles. The zero-order chi connectivity index (χ0) is 21.0. The number of amides is 1. The Morgan fingerprint density at radius 3 is 2.59 bits per heavy atom. The number of aromatic nitrogens is 2. The Bertz CT molecular complexity index is 1060. The number of aryl methyl sites for hydroxylation is 2. The van der Waals surface area contributed by atoms with E-state index in [0.29, 0.717) is 11.7 Å². The molecule has 3 aromatic rings. The van der Waals surface area contributed by atoms with Crippen molar-refractivity contribution in [1.82, 2.24) is 15.5 Å². The number of benzene rings is 1. The number of rotatable bonds is 8. The maximum absolute atomic E-state index is 12.5. The summed E-state index contributed by atoms with van der Waals surface area (Å²) in [6.07, 6.45) is 1.57. The molecular formula is C20H23N3O4S2. The van der Waals surface area contributed by atoms with E-state index in [-0.39, 0.29) is 18.7 Å². The van der Waals surface area contributed by atoms with Crippen molar-refractivity contribution in [3.63, 3.8) is 0 Å². The van der Waals surface area contributed by atoms with Crippen LogP contribution in [0.1, 0.15) is 36.4 Å². The van der Waals surface area contributed by atoms with Gasteiger partial charge in [-0.05, 0) is 30.9 Å². The Kier molecular flexibility index (Phi) is 6.49. The maximum atomic E-state index is 12.5. The molecule has 2 aromatic heterocycles. The Morgan fingerprint density at radius 2 is 1.97 bits per heavy atom. The van der Waals surface area contributed by atoms with Gasteiger partial charge in [0.05, 0.1) is 16.2 Å². The van der Waals surface area contributed by atoms with Crippen LogP contribution < -0.4 is 5.32 Å². The Balaban J connectivity index is 1.67. The number of nitrogens with one attached hydrogen (secondary N) is 1. The van der Waals surface area contributed by atoms with Crippen LogP contribution in [-0.2, 0) is 21.1 Å². The van der Waals surface area contributed by atoms with Crippen molar-refractivity contribution in [3.8, 4) is 10.7 Å². The van der Waals surface area contributed by atoms with Crippen molar-refractivity contribution >= 4 is 27.1 Å². The maximum Gasteiger partial charge on any atom is 0.227 e. The predicted molar refractivity (Wildman–Crippen MR) is 112 cm³/mol. The first kappa shape index (κ1) is 21.2. The molecule has 1 aromatic carbocycles. The lowest BCUT2D eigenvalue weighted by Gasteiger charge is -2.24. The second-order valence-corrected chi connectivity index (χ2v) is 10.3. The molecule has 0 spiro atoms. The summed E-state index contributed by atoms with van der Waals surface area (Å²) in [6.45, 7) is 3.55. The van der Waals surface area contributed by atoms with E-state index in [1.54, 1.807) is 6.92 Å². The van der Waals surface area contributed by atoms with Gasteiger partial charge in [-0.15, -0.1) is 11.3 Å². The molecule has 154 valence electrons. The van der Waals surface area contributed by atoms with Crippen molar-refractivity contribution in [2.24, 2.45) is 0 Å². The molecule has 0 fully saturated rings. The monoisotopic (exact) mass is 433 g/mol. The van der Waals surface area contributed by atoms with Crippen LogP contribution in [0.4, 0.5) is 0 Å². The van der Waals surface area contributed by atoms with Crippen LogP contribution in [0.2, 0.25) is 0 Å². The zero-order valence-electron chi connectivity index (χ0n) is 16.5. The topological polar surface area (TPSA) is 102 Å². The summed E-state index contributed by atoms with van der Waals surface area (Å²) in [4.78, 5) is 17.7. The normalized spacial score (nSPS) is 13.8. The fraction of sp³-hybridized carbons (Fsp3) is 0.350. The fourth-order valence-corrected chi connectivity index (χ4v) is 4.19. The van der Waals surface area contributed by atoms with Gasteiger partial charge in [-0.1, -0.05) is 41.1 Å². The van der Waals surface area contributed by atoms with Crippen molar-refractivity contribution in [2.75, 3.05) is 6.26 Å². The Hall–Kier alpha value is -2.52. The van der Waals surface area contributed by atoms with Gasteiger partial charge < -0.3 is 9.84 Å². The third-order valence-corrected chi connectivity index (χ3v) is 7.16. The van der Waals surface area contributed by atoms with Gasteiger partial charge in [0.2, 0.25) is 17.6 Å². The van der Waals surface area contributed by atoms with Gasteiger partial charge in [-0.25, -0.2) is 8.42 Å². The summed E-state index contributed by atoms with van der Waals surface area (Å²) in [5.41, 5.74) is 1.81. The lowest BCUT2D eigenvalue weighted by atomic mass is 10.0. The van der Waals surface area contributed by atoms with Gasteiger partial charge in [0.25, 0.3) is 0 Å². The fourth-order valence-electron chi connectivity index (χ4n) is 2.82. The highest BCUT2D eigenvalue weighted by atomic mass is 32.2. The number of carbonyl (C=O) groups excluding carboxylic acids is 1. The molecule has 0 bridgehead atoms. The minimum absolute atomic E-state index is 0.116. The molecule has 0 radical (unpaired) electrons. The molecule has 0 aliphatic carbocycles. The molecule has 2 heterocycles. The molecule has 0 aliphatic heterocycles.